The summed E-state index contributed by atoms with van der Waals surface area (Å²) in [6.07, 6.45) is 0.289. The molecule has 0 amide bonds. The Morgan fingerprint density at radius 1 is 1.10 bits per heavy atom. The number of ether oxygens (including phenoxy) is 1. The fourth-order valence-corrected chi connectivity index (χ4v) is 3.89. The van der Waals surface area contributed by atoms with Crippen LogP contribution in [0.25, 0.3) is 0 Å². The predicted molar refractivity (Wildman–Crippen MR) is 109 cm³/mol. The van der Waals surface area contributed by atoms with Crippen molar-refractivity contribution in [3.05, 3.63) is 81.4 Å². The molecule has 160 valence electrons. The molecule has 0 saturated heterocycles. The second kappa shape index (κ2) is 10.6. The maximum atomic E-state index is 12.7. The SMILES string of the molecule is CC(=O)OC/C(CO)=C(/CNS(=O)(=O)c1ccccc1[N+](=O)[O-])Cc1ccccc1. The molecule has 10 heteroatoms. The Morgan fingerprint density at radius 3 is 2.33 bits per heavy atom. The van der Waals surface area contributed by atoms with Crippen molar-refractivity contribution in [2.75, 3.05) is 19.8 Å². The quantitative estimate of drug-likeness (QED) is 0.252. The number of aliphatic hydroxyl groups excluding tert-OH is 1. The topological polar surface area (TPSA) is 136 Å². The summed E-state index contributed by atoms with van der Waals surface area (Å²) < 4.78 is 32.7. The Balaban J connectivity index is 2.33. The van der Waals surface area contributed by atoms with Crippen molar-refractivity contribution in [2.24, 2.45) is 0 Å². The van der Waals surface area contributed by atoms with E-state index in [1.54, 1.807) is 0 Å². The normalized spacial score (nSPS) is 12.2. The van der Waals surface area contributed by atoms with E-state index >= 15 is 0 Å². The van der Waals surface area contributed by atoms with Gasteiger partial charge in [0.05, 0.1) is 11.5 Å². The van der Waals surface area contributed by atoms with E-state index in [2.05, 4.69) is 4.72 Å². The highest BCUT2D eigenvalue weighted by Crippen LogP contribution is 2.23. The van der Waals surface area contributed by atoms with Crippen LogP contribution >= 0.6 is 0 Å². The zero-order chi connectivity index (χ0) is 22.1. The van der Waals surface area contributed by atoms with Crippen LogP contribution in [0.2, 0.25) is 0 Å². The van der Waals surface area contributed by atoms with Crippen molar-refractivity contribution in [1.29, 1.82) is 0 Å². The molecule has 0 aromatic heterocycles. The van der Waals surface area contributed by atoms with E-state index in [9.17, 15) is 28.4 Å². The fourth-order valence-electron chi connectivity index (χ4n) is 2.70. The van der Waals surface area contributed by atoms with Crippen molar-refractivity contribution >= 4 is 21.7 Å². The number of esters is 1. The number of nitrogens with one attached hydrogen (secondary N) is 1. The third-order valence-electron chi connectivity index (χ3n) is 4.23. The lowest BCUT2D eigenvalue weighted by atomic mass is 10.0. The maximum absolute atomic E-state index is 12.7. The Morgan fingerprint density at radius 2 is 1.73 bits per heavy atom. The number of hydrogen-bond acceptors (Lipinski definition) is 7. The van der Waals surface area contributed by atoms with Crippen LogP contribution in [-0.4, -0.2) is 44.2 Å². The summed E-state index contributed by atoms with van der Waals surface area (Å²) in [5.74, 6) is -0.541. The van der Waals surface area contributed by atoms with Gasteiger partial charge in [-0.1, -0.05) is 42.5 Å². The minimum absolute atomic E-state index is 0.193. The van der Waals surface area contributed by atoms with Crippen molar-refractivity contribution < 1.29 is 28.0 Å². The highest BCUT2D eigenvalue weighted by atomic mass is 32.2. The monoisotopic (exact) mass is 434 g/mol. The molecule has 0 fully saturated rings. The van der Waals surface area contributed by atoms with E-state index in [0.29, 0.717) is 11.1 Å². The molecule has 0 radical (unpaired) electrons. The van der Waals surface area contributed by atoms with Crippen LogP contribution in [0.5, 0.6) is 0 Å². The molecule has 0 bridgehead atoms. The molecule has 30 heavy (non-hydrogen) atoms. The molecule has 0 aliphatic rings. The molecule has 2 N–H and O–H groups in total. The number of para-hydroxylation sites is 1. The molecule has 2 rings (SSSR count). The van der Waals surface area contributed by atoms with E-state index < -0.39 is 38.1 Å². The van der Waals surface area contributed by atoms with Crippen molar-refractivity contribution in [3.8, 4) is 0 Å². The van der Waals surface area contributed by atoms with E-state index in [1.165, 1.54) is 19.1 Å². The van der Waals surface area contributed by atoms with Crippen molar-refractivity contribution in [3.63, 3.8) is 0 Å². The van der Waals surface area contributed by atoms with Crippen LogP contribution in [-0.2, 0) is 26.0 Å². The maximum Gasteiger partial charge on any atom is 0.302 e. The average molecular weight is 434 g/mol. The van der Waals surface area contributed by atoms with Gasteiger partial charge in [-0.05, 0) is 29.2 Å². The molecular formula is C20H22N2O7S. The Bertz CT molecular complexity index is 1030. The predicted octanol–water partition coefficient (Wildman–Crippen LogP) is 1.97. The number of carbonyl (C=O) groups excluding carboxylic acids is 1. The van der Waals surface area contributed by atoms with Crippen LogP contribution < -0.4 is 4.72 Å². The van der Waals surface area contributed by atoms with Gasteiger partial charge in [-0.2, -0.15) is 0 Å². The molecule has 0 atom stereocenters. The minimum atomic E-state index is -4.21. The number of aliphatic hydroxyl groups is 1. The standard InChI is InChI=1S/C20H22N2O7S/c1-15(24)29-14-18(13-23)17(11-16-7-3-2-4-8-16)12-21-30(27,28)20-10-6-5-9-19(20)22(25)26/h2-10,21,23H,11-14H2,1H3/b18-17+. The van der Waals surface area contributed by atoms with Crippen LogP contribution in [0, 0.1) is 10.1 Å². The summed E-state index contributed by atoms with van der Waals surface area (Å²) in [6, 6.07) is 14.1. The first-order valence-electron chi connectivity index (χ1n) is 8.95. The van der Waals surface area contributed by atoms with Crippen molar-refractivity contribution in [2.45, 2.75) is 18.2 Å². The van der Waals surface area contributed by atoms with E-state index in [4.69, 9.17) is 4.74 Å². The van der Waals surface area contributed by atoms with E-state index in [-0.39, 0.29) is 19.6 Å². The molecule has 0 aliphatic heterocycles. The summed E-state index contributed by atoms with van der Waals surface area (Å²) >= 11 is 0. The van der Waals surface area contributed by atoms with E-state index in [1.807, 2.05) is 30.3 Å². The smallest absolute Gasteiger partial charge is 0.302 e. The number of hydrogen-bond donors (Lipinski definition) is 2. The van der Waals surface area contributed by atoms with Crippen LogP contribution in [0.3, 0.4) is 0 Å². The number of rotatable bonds is 10. The number of sulfonamides is 1. The lowest BCUT2D eigenvalue weighted by Crippen LogP contribution is -2.28. The van der Waals surface area contributed by atoms with Crippen LogP contribution in [0.1, 0.15) is 12.5 Å². The van der Waals surface area contributed by atoms with Gasteiger partial charge in [-0.15, -0.1) is 0 Å². The zero-order valence-corrected chi connectivity index (χ0v) is 17.1. The third kappa shape index (κ3) is 6.48. The van der Waals surface area contributed by atoms with Gasteiger partial charge in [0.15, 0.2) is 4.90 Å². The Kier molecular flexibility index (Phi) is 8.22. The highest BCUT2D eigenvalue weighted by Gasteiger charge is 2.25. The van der Waals surface area contributed by atoms with Gasteiger partial charge in [0, 0.05) is 19.5 Å². The summed E-state index contributed by atoms with van der Waals surface area (Å²) in [6.45, 7) is 0.368. The second-order valence-electron chi connectivity index (χ2n) is 6.36. The number of nitro benzene ring substituents is 1. The van der Waals surface area contributed by atoms with Gasteiger partial charge in [0.1, 0.15) is 6.61 Å². The van der Waals surface area contributed by atoms with Crippen molar-refractivity contribution in [1.82, 2.24) is 4.72 Å². The summed E-state index contributed by atoms with van der Waals surface area (Å²) in [5.41, 5.74) is 1.15. The lowest BCUT2D eigenvalue weighted by molar-refractivity contribution is -0.387. The first kappa shape index (κ1) is 23.2. The highest BCUT2D eigenvalue weighted by molar-refractivity contribution is 7.89. The molecule has 0 aliphatic carbocycles. The number of nitro groups is 1. The van der Waals surface area contributed by atoms with Crippen LogP contribution in [0.15, 0.2) is 70.6 Å². The number of carbonyl (C=O) groups is 1. The molecule has 0 heterocycles. The average Bonchev–Trinajstić information content (AvgIpc) is 2.72. The first-order valence-corrected chi connectivity index (χ1v) is 10.4. The zero-order valence-electron chi connectivity index (χ0n) is 16.3. The fraction of sp³-hybridized carbons (Fsp3) is 0.250. The molecule has 2 aromatic carbocycles. The van der Waals surface area contributed by atoms with Gasteiger partial charge in [0.25, 0.3) is 5.69 Å². The molecule has 0 unspecified atom stereocenters. The van der Waals surface area contributed by atoms with Gasteiger partial charge >= 0.3 is 5.97 Å². The largest absolute Gasteiger partial charge is 0.461 e. The Labute approximate surface area is 174 Å². The number of nitrogens with zero attached hydrogens (tertiary/aromatic N) is 1. The van der Waals surface area contributed by atoms with Gasteiger partial charge in [-0.25, -0.2) is 13.1 Å². The molecule has 9 nitrogen and oxygen atoms in total. The second-order valence-corrected chi connectivity index (χ2v) is 8.09. The minimum Gasteiger partial charge on any atom is -0.461 e. The summed E-state index contributed by atoms with van der Waals surface area (Å²) in [7, 11) is -4.21. The molecular weight excluding hydrogens is 412 g/mol. The summed E-state index contributed by atoms with van der Waals surface area (Å²) in [4.78, 5) is 21.1. The van der Waals surface area contributed by atoms with Gasteiger partial charge in [0.2, 0.25) is 10.0 Å². The van der Waals surface area contributed by atoms with Gasteiger partial charge < -0.3 is 9.84 Å². The van der Waals surface area contributed by atoms with Gasteiger partial charge in [-0.3, -0.25) is 14.9 Å². The molecule has 2 aromatic rings. The first-order chi connectivity index (χ1) is 14.2. The Hall–Kier alpha value is -3.08. The number of benzene rings is 2. The summed E-state index contributed by atoms with van der Waals surface area (Å²) in [5, 5.41) is 20.9. The third-order valence-corrected chi connectivity index (χ3v) is 5.68. The molecule has 0 spiro atoms. The lowest BCUT2D eigenvalue weighted by Gasteiger charge is -2.16. The molecule has 0 saturated carbocycles. The van der Waals surface area contributed by atoms with E-state index in [0.717, 1.165) is 17.7 Å². The van der Waals surface area contributed by atoms with Crippen LogP contribution in [0.4, 0.5) is 5.69 Å².